The van der Waals surface area contributed by atoms with Gasteiger partial charge in [-0.15, -0.1) is 0 Å². The minimum atomic E-state index is -0.163. The monoisotopic (exact) mass is 202 g/mol. The normalized spacial score (nSPS) is 21.8. The minimum Gasteiger partial charge on any atom is -0.393 e. The summed E-state index contributed by atoms with van der Waals surface area (Å²) in [5, 5.41) is 9.96. The Balaban J connectivity index is 1.80. The molecule has 1 aromatic rings. The Hall–Kier alpha value is -1.08. The fraction of sp³-hybridized carbons (Fsp3) is 0.429. The average molecular weight is 202 g/mol. The quantitative estimate of drug-likeness (QED) is 0.744. The lowest BCUT2D eigenvalue weighted by molar-refractivity contribution is 0.120. The van der Waals surface area contributed by atoms with Crippen LogP contribution in [0.5, 0.6) is 0 Å². The van der Waals surface area contributed by atoms with Crippen molar-refractivity contribution in [3.8, 4) is 0 Å². The summed E-state index contributed by atoms with van der Waals surface area (Å²) in [6.07, 6.45) is 8.28. The van der Waals surface area contributed by atoms with Gasteiger partial charge in [0.1, 0.15) is 0 Å². The van der Waals surface area contributed by atoms with Gasteiger partial charge in [-0.25, -0.2) is 0 Å². The van der Waals surface area contributed by atoms with Gasteiger partial charge in [-0.2, -0.15) is 0 Å². The Morgan fingerprint density at radius 2 is 2.07 bits per heavy atom. The Morgan fingerprint density at radius 1 is 1.27 bits per heavy atom. The van der Waals surface area contributed by atoms with E-state index in [-0.39, 0.29) is 6.10 Å². The maximum absolute atomic E-state index is 9.96. The van der Waals surface area contributed by atoms with Gasteiger partial charge >= 0.3 is 0 Å². The summed E-state index contributed by atoms with van der Waals surface area (Å²) in [4.78, 5) is 0. The lowest BCUT2D eigenvalue weighted by atomic mass is 9.96. The molecule has 2 atom stereocenters. The van der Waals surface area contributed by atoms with E-state index in [1.165, 1.54) is 5.56 Å². The number of aliphatic hydroxyl groups is 1. The summed E-state index contributed by atoms with van der Waals surface area (Å²) in [5.74, 6) is 0.397. The molecule has 80 valence electrons. The number of allylic oxidation sites excluding steroid dienone is 1. The molecule has 0 heterocycles. The molecule has 0 saturated carbocycles. The van der Waals surface area contributed by atoms with Crippen LogP contribution in [0.3, 0.4) is 0 Å². The topological polar surface area (TPSA) is 20.2 Å². The van der Waals surface area contributed by atoms with E-state index < -0.39 is 0 Å². The van der Waals surface area contributed by atoms with Crippen LogP contribution >= 0.6 is 0 Å². The molecule has 0 amide bonds. The highest BCUT2D eigenvalue weighted by atomic mass is 16.3. The van der Waals surface area contributed by atoms with Crippen molar-refractivity contribution in [1.29, 1.82) is 0 Å². The first-order valence-electron chi connectivity index (χ1n) is 5.75. The third-order valence-electron chi connectivity index (χ3n) is 3.12. The van der Waals surface area contributed by atoms with Crippen LogP contribution in [-0.2, 0) is 6.42 Å². The molecule has 0 unspecified atom stereocenters. The van der Waals surface area contributed by atoms with Gasteiger partial charge in [0.05, 0.1) is 6.10 Å². The molecule has 2 rings (SSSR count). The summed E-state index contributed by atoms with van der Waals surface area (Å²) in [6, 6.07) is 10.4. The molecule has 0 spiro atoms. The molecule has 1 aliphatic carbocycles. The standard InChI is InChI=1S/C14H18O/c15-14(13-8-4-5-9-13)11-10-12-6-2-1-3-7-12/h1-4,6-8,13-15H,5,9-11H2/t13-,14+/m0/s1. The predicted octanol–water partition coefficient (Wildman–Crippen LogP) is 2.95. The Kier molecular flexibility index (Phi) is 3.57. The van der Waals surface area contributed by atoms with Crippen LogP contribution in [0.4, 0.5) is 0 Å². The molecule has 0 saturated heterocycles. The van der Waals surface area contributed by atoms with E-state index >= 15 is 0 Å². The maximum Gasteiger partial charge on any atom is 0.0606 e. The number of hydrogen-bond donors (Lipinski definition) is 1. The zero-order chi connectivity index (χ0) is 10.5. The first kappa shape index (κ1) is 10.4. The van der Waals surface area contributed by atoms with Crippen LogP contribution in [0.1, 0.15) is 24.8 Å². The van der Waals surface area contributed by atoms with Gasteiger partial charge < -0.3 is 5.11 Å². The van der Waals surface area contributed by atoms with Crippen LogP contribution in [0.25, 0.3) is 0 Å². The summed E-state index contributed by atoms with van der Waals surface area (Å²) in [7, 11) is 0. The second-order valence-electron chi connectivity index (χ2n) is 4.26. The van der Waals surface area contributed by atoms with E-state index in [0.717, 1.165) is 25.7 Å². The molecular weight excluding hydrogens is 184 g/mol. The fourth-order valence-electron chi connectivity index (χ4n) is 2.15. The molecule has 15 heavy (non-hydrogen) atoms. The van der Waals surface area contributed by atoms with Crippen molar-refractivity contribution >= 4 is 0 Å². The van der Waals surface area contributed by atoms with Gasteiger partial charge in [0.15, 0.2) is 0 Å². The third kappa shape index (κ3) is 2.93. The number of rotatable bonds is 4. The Bertz CT molecular complexity index is 315. The summed E-state index contributed by atoms with van der Waals surface area (Å²) < 4.78 is 0. The molecular formula is C14H18O. The van der Waals surface area contributed by atoms with Crippen LogP contribution in [0, 0.1) is 5.92 Å². The molecule has 1 nitrogen and oxygen atoms in total. The van der Waals surface area contributed by atoms with E-state index in [1.54, 1.807) is 0 Å². The van der Waals surface area contributed by atoms with Crippen molar-refractivity contribution in [3.05, 3.63) is 48.0 Å². The smallest absolute Gasteiger partial charge is 0.0606 e. The molecule has 1 aromatic carbocycles. The molecule has 1 aliphatic rings. The van der Waals surface area contributed by atoms with Gasteiger partial charge in [0.2, 0.25) is 0 Å². The highest BCUT2D eigenvalue weighted by molar-refractivity contribution is 5.15. The second kappa shape index (κ2) is 5.13. The highest BCUT2D eigenvalue weighted by Crippen LogP contribution is 2.23. The molecule has 1 heteroatoms. The minimum absolute atomic E-state index is 0.163. The van der Waals surface area contributed by atoms with E-state index in [9.17, 15) is 5.11 Å². The van der Waals surface area contributed by atoms with Crippen LogP contribution in [0.2, 0.25) is 0 Å². The first-order chi connectivity index (χ1) is 7.36. The largest absolute Gasteiger partial charge is 0.393 e. The summed E-state index contributed by atoms with van der Waals surface area (Å²) in [6.45, 7) is 0. The predicted molar refractivity (Wildman–Crippen MR) is 62.6 cm³/mol. The number of benzene rings is 1. The van der Waals surface area contributed by atoms with Crippen molar-refractivity contribution < 1.29 is 5.11 Å². The van der Waals surface area contributed by atoms with Crippen molar-refractivity contribution in [1.82, 2.24) is 0 Å². The number of aliphatic hydroxyl groups excluding tert-OH is 1. The lowest BCUT2D eigenvalue weighted by Gasteiger charge is -2.16. The Morgan fingerprint density at radius 3 is 2.73 bits per heavy atom. The van der Waals surface area contributed by atoms with Crippen LogP contribution < -0.4 is 0 Å². The SMILES string of the molecule is O[C@H](CCc1ccccc1)[C@H]1C=CCC1. The van der Waals surface area contributed by atoms with E-state index in [1.807, 2.05) is 6.07 Å². The zero-order valence-electron chi connectivity index (χ0n) is 8.97. The summed E-state index contributed by atoms with van der Waals surface area (Å²) >= 11 is 0. The van der Waals surface area contributed by atoms with Crippen molar-refractivity contribution in [2.75, 3.05) is 0 Å². The number of hydrogen-bond acceptors (Lipinski definition) is 1. The fourth-order valence-corrected chi connectivity index (χ4v) is 2.15. The molecule has 0 bridgehead atoms. The molecule has 1 N–H and O–H groups in total. The molecule has 0 aromatic heterocycles. The maximum atomic E-state index is 9.96. The lowest BCUT2D eigenvalue weighted by Crippen LogP contribution is -2.17. The zero-order valence-corrected chi connectivity index (χ0v) is 8.97. The van der Waals surface area contributed by atoms with Crippen molar-refractivity contribution in [2.24, 2.45) is 5.92 Å². The van der Waals surface area contributed by atoms with Gasteiger partial charge in [-0.3, -0.25) is 0 Å². The van der Waals surface area contributed by atoms with E-state index in [4.69, 9.17) is 0 Å². The summed E-state index contributed by atoms with van der Waals surface area (Å²) in [5.41, 5.74) is 1.32. The van der Waals surface area contributed by atoms with Crippen molar-refractivity contribution in [3.63, 3.8) is 0 Å². The van der Waals surface area contributed by atoms with Gasteiger partial charge in [0.25, 0.3) is 0 Å². The second-order valence-corrected chi connectivity index (χ2v) is 4.26. The van der Waals surface area contributed by atoms with Gasteiger partial charge in [-0.05, 0) is 31.2 Å². The molecule has 0 aliphatic heterocycles. The highest BCUT2D eigenvalue weighted by Gasteiger charge is 2.18. The van der Waals surface area contributed by atoms with Crippen molar-refractivity contribution in [2.45, 2.75) is 31.8 Å². The van der Waals surface area contributed by atoms with Crippen LogP contribution in [-0.4, -0.2) is 11.2 Å². The van der Waals surface area contributed by atoms with E-state index in [0.29, 0.717) is 5.92 Å². The average Bonchev–Trinajstić information content (AvgIpc) is 2.81. The van der Waals surface area contributed by atoms with Gasteiger partial charge in [0, 0.05) is 5.92 Å². The van der Waals surface area contributed by atoms with Crippen LogP contribution in [0.15, 0.2) is 42.5 Å². The first-order valence-corrected chi connectivity index (χ1v) is 5.75. The molecule has 0 fully saturated rings. The number of aryl methyl sites for hydroxylation is 1. The third-order valence-corrected chi connectivity index (χ3v) is 3.12. The Labute approximate surface area is 91.4 Å². The van der Waals surface area contributed by atoms with E-state index in [2.05, 4.69) is 36.4 Å². The molecule has 0 radical (unpaired) electrons. The van der Waals surface area contributed by atoms with Gasteiger partial charge in [-0.1, -0.05) is 42.5 Å².